The highest BCUT2D eigenvalue weighted by Gasteiger charge is 2.39. The van der Waals surface area contributed by atoms with Crippen molar-refractivity contribution in [3.63, 3.8) is 0 Å². The van der Waals surface area contributed by atoms with Gasteiger partial charge in [0.15, 0.2) is 0 Å². The SMILES string of the molecule is CO/C=C/C1CCCN1C(=O)C1=C(c2ccccc2)Nc2ccnn2C1c1ccc(Cl)c(Cl)c1. The van der Waals surface area contributed by atoms with Crippen LogP contribution in [0.25, 0.3) is 5.70 Å². The molecule has 2 aromatic carbocycles. The molecule has 0 aliphatic carbocycles. The van der Waals surface area contributed by atoms with E-state index >= 15 is 0 Å². The van der Waals surface area contributed by atoms with E-state index in [-0.39, 0.29) is 11.9 Å². The fourth-order valence-corrected chi connectivity index (χ4v) is 5.00. The molecule has 2 atom stereocenters. The van der Waals surface area contributed by atoms with Crippen molar-refractivity contribution in [1.29, 1.82) is 0 Å². The van der Waals surface area contributed by atoms with Crippen LogP contribution in [0.1, 0.15) is 30.0 Å². The molecule has 8 heteroatoms. The van der Waals surface area contributed by atoms with Gasteiger partial charge in [0, 0.05) is 12.6 Å². The Kier molecular flexibility index (Phi) is 6.35. The zero-order valence-corrected chi connectivity index (χ0v) is 20.1. The number of anilines is 1. The molecule has 6 nitrogen and oxygen atoms in total. The zero-order valence-electron chi connectivity index (χ0n) is 18.6. The number of ether oxygens (including phenoxy) is 1. The predicted octanol–water partition coefficient (Wildman–Crippen LogP) is 5.77. The van der Waals surface area contributed by atoms with Gasteiger partial charge in [-0.05, 0) is 42.2 Å². The molecule has 3 aromatic rings. The lowest BCUT2D eigenvalue weighted by atomic mass is 9.91. The molecule has 174 valence electrons. The van der Waals surface area contributed by atoms with Gasteiger partial charge < -0.3 is 15.0 Å². The van der Waals surface area contributed by atoms with E-state index in [1.807, 2.05) is 64.2 Å². The van der Waals surface area contributed by atoms with Gasteiger partial charge in [-0.15, -0.1) is 0 Å². The summed E-state index contributed by atoms with van der Waals surface area (Å²) in [6.07, 6.45) is 7.12. The summed E-state index contributed by atoms with van der Waals surface area (Å²) in [4.78, 5) is 16.2. The Bertz CT molecular complexity index is 1270. The van der Waals surface area contributed by atoms with Crippen LogP contribution in [0, 0.1) is 0 Å². The number of likely N-dealkylation sites (tertiary alicyclic amines) is 1. The van der Waals surface area contributed by atoms with E-state index in [0.717, 1.165) is 35.5 Å². The molecule has 2 unspecified atom stereocenters. The predicted molar refractivity (Wildman–Crippen MR) is 135 cm³/mol. The molecular weight excluding hydrogens is 471 g/mol. The highest BCUT2D eigenvalue weighted by molar-refractivity contribution is 6.42. The number of benzene rings is 2. The van der Waals surface area contributed by atoms with E-state index in [9.17, 15) is 4.79 Å². The molecule has 1 N–H and O–H groups in total. The quantitative estimate of drug-likeness (QED) is 0.457. The summed E-state index contributed by atoms with van der Waals surface area (Å²) >= 11 is 12.6. The first-order valence-corrected chi connectivity index (χ1v) is 11.9. The van der Waals surface area contributed by atoms with Crippen LogP contribution in [-0.4, -0.2) is 40.3 Å². The van der Waals surface area contributed by atoms with Gasteiger partial charge in [-0.2, -0.15) is 5.10 Å². The summed E-state index contributed by atoms with van der Waals surface area (Å²) in [6, 6.07) is 16.7. The Morgan fingerprint density at radius 1 is 1.15 bits per heavy atom. The van der Waals surface area contributed by atoms with Crippen LogP contribution in [0.4, 0.5) is 5.82 Å². The van der Waals surface area contributed by atoms with E-state index in [0.29, 0.717) is 22.2 Å². The second-order valence-corrected chi connectivity index (χ2v) is 9.10. The molecule has 1 aromatic heterocycles. The topological polar surface area (TPSA) is 59.4 Å². The lowest BCUT2D eigenvalue weighted by Gasteiger charge is -2.34. The van der Waals surface area contributed by atoms with Gasteiger partial charge in [0.05, 0.1) is 46.9 Å². The van der Waals surface area contributed by atoms with Gasteiger partial charge in [0.2, 0.25) is 0 Å². The lowest BCUT2D eigenvalue weighted by molar-refractivity contribution is -0.127. The molecule has 3 heterocycles. The third-order valence-electron chi connectivity index (χ3n) is 6.26. The largest absolute Gasteiger partial charge is 0.505 e. The first kappa shape index (κ1) is 22.6. The Labute approximate surface area is 208 Å². The van der Waals surface area contributed by atoms with Gasteiger partial charge >= 0.3 is 0 Å². The summed E-state index contributed by atoms with van der Waals surface area (Å²) in [5, 5.41) is 8.92. The number of aromatic nitrogens is 2. The minimum absolute atomic E-state index is 0.0366. The van der Waals surface area contributed by atoms with Gasteiger partial charge in [0.25, 0.3) is 5.91 Å². The normalized spacial score (nSPS) is 19.9. The standard InChI is InChI=1S/C26H24Cl2N4O2/c1-34-15-12-19-8-5-14-31(19)26(33)23-24(17-6-3-2-4-7-17)30-22-11-13-29-32(22)25(23)18-9-10-20(27)21(28)16-18/h2-4,6-7,9-13,15-16,19,25,30H,5,8,14H2,1H3/b15-12+. The highest BCUT2D eigenvalue weighted by Crippen LogP contribution is 2.42. The Morgan fingerprint density at radius 3 is 2.74 bits per heavy atom. The van der Waals surface area contributed by atoms with E-state index in [4.69, 9.17) is 27.9 Å². The molecule has 2 aliphatic rings. The van der Waals surface area contributed by atoms with Crippen LogP contribution in [0.2, 0.25) is 10.0 Å². The maximum absolute atomic E-state index is 14.3. The Hall–Kier alpha value is -3.22. The molecule has 34 heavy (non-hydrogen) atoms. The summed E-state index contributed by atoms with van der Waals surface area (Å²) in [5.41, 5.74) is 3.13. The Balaban J connectivity index is 1.70. The average Bonchev–Trinajstić information content (AvgIpc) is 3.53. The van der Waals surface area contributed by atoms with E-state index in [1.54, 1.807) is 25.6 Å². The van der Waals surface area contributed by atoms with Crippen molar-refractivity contribution >= 4 is 40.6 Å². The van der Waals surface area contributed by atoms with Crippen LogP contribution < -0.4 is 5.32 Å². The number of rotatable bonds is 5. The molecule has 0 spiro atoms. The number of hydrogen-bond acceptors (Lipinski definition) is 4. The maximum Gasteiger partial charge on any atom is 0.254 e. The number of fused-ring (bicyclic) bond motifs is 1. The van der Waals surface area contributed by atoms with Crippen LogP contribution in [0.3, 0.4) is 0 Å². The minimum Gasteiger partial charge on any atom is -0.505 e. The number of halogens is 2. The third kappa shape index (κ3) is 4.08. The van der Waals surface area contributed by atoms with E-state index in [1.165, 1.54) is 0 Å². The van der Waals surface area contributed by atoms with Crippen molar-refractivity contribution < 1.29 is 9.53 Å². The third-order valence-corrected chi connectivity index (χ3v) is 7.00. The van der Waals surface area contributed by atoms with Crippen molar-refractivity contribution in [2.24, 2.45) is 0 Å². The number of methoxy groups -OCH3 is 1. The molecule has 2 aliphatic heterocycles. The van der Waals surface area contributed by atoms with Crippen LogP contribution in [0.5, 0.6) is 0 Å². The molecule has 0 radical (unpaired) electrons. The summed E-state index contributed by atoms with van der Waals surface area (Å²) < 4.78 is 6.96. The fraction of sp³-hybridized carbons (Fsp3) is 0.231. The number of nitrogens with one attached hydrogen (secondary N) is 1. The highest BCUT2D eigenvalue weighted by atomic mass is 35.5. The number of hydrogen-bond donors (Lipinski definition) is 1. The maximum atomic E-state index is 14.3. The Morgan fingerprint density at radius 2 is 1.97 bits per heavy atom. The molecule has 1 fully saturated rings. The lowest BCUT2D eigenvalue weighted by Crippen LogP contribution is -2.40. The van der Waals surface area contributed by atoms with Gasteiger partial charge in [-0.3, -0.25) is 4.79 Å². The second-order valence-electron chi connectivity index (χ2n) is 8.29. The molecule has 1 amide bonds. The van der Waals surface area contributed by atoms with Crippen LogP contribution in [0.15, 0.2) is 78.7 Å². The number of amides is 1. The average molecular weight is 495 g/mol. The zero-order chi connectivity index (χ0) is 23.7. The molecular formula is C26H24Cl2N4O2. The van der Waals surface area contributed by atoms with Gasteiger partial charge in [0.1, 0.15) is 11.9 Å². The molecule has 1 saturated heterocycles. The molecule has 0 bridgehead atoms. The van der Waals surface area contributed by atoms with Gasteiger partial charge in [-0.25, -0.2) is 4.68 Å². The molecule has 5 rings (SSSR count). The van der Waals surface area contributed by atoms with Crippen molar-refractivity contribution in [3.8, 4) is 0 Å². The number of carbonyl (C=O) groups is 1. The second kappa shape index (κ2) is 9.57. The summed E-state index contributed by atoms with van der Waals surface area (Å²) in [7, 11) is 1.61. The minimum atomic E-state index is -0.476. The molecule has 0 saturated carbocycles. The van der Waals surface area contributed by atoms with Crippen molar-refractivity contribution in [2.45, 2.75) is 24.9 Å². The fourth-order valence-electron chi connectivity index (χ4n) is 4.69. The first-order chi connectivity index (χ1) is 16.6. The van der Waals surface area contributed by atoms with E-state index < -0.39 is 6.04 Å². The van der Waals surface area contributed by atoms with Crippen LogP contribution >= 0.6 is 23.2 Å². The summed E-state index contributed by atoms with van der Waals surface area (Å²) in [5.74, 6) is 0.746. The van der Waals surface area contributed by atoms with Gasteiger partial charge in [-0.1, -0.05) is 59.6 Å². The van der Waals surface area contributed by atoms with Crippen molar-refractivity contribution in [3.05, 3.63) is 99.9 Å². The van der Waals surface area contributed by atoms with Crippen molar-refractivity contribution in [1.82, 2.24) is 14.7 Å². The number of nitrogens with zero attached hydrogens (tertiary/aromatic N) is 3. The first-order valence-electron chi connectivity index (χ1n) is 11.1. The monoisotopic (exact) mass is 494 g/mol. The number of carbonyl (C=O) groups excluding carboxylic acids is 1. The smallest absolute Gasteiger partial charge is 0.254 e. The van der Waals surface area contributed by atoms with Crippen LogP contribution in [-0.2, 0) is 9.53 Å². The van der Waals surface area contributed by atoms with Crippen molar-refractivity contribution in [2.75, 3.05) is 19.0 Å². The van der Waals surface area contributed by atoms with E-state index in [2.05, 4.69) is 10.4 Å². The summed E-state index contributed by atoms with van der Waals surface area (Å²) in [6.45, 7) is 0.670.